The van der Waals surface area contributed by atoms with Gasteiger partial charge in [0, 0.05) is 32.3 Å². The van der Waals surface area contributed by atoms with Crippen LogP contribution in [0.4, 0.5) is 0 Å². The van der Waals surface area contributed by atoms with E-state index in [1.807, 2.05) is 0 Å². The molecule has 0 radical (unpaired) electrons. The van der Waals surface area contributed by atoms with Gasteiger partial charge in [-0.1, -0.05) is 13.8 Å². The van der Waals surface area contributed by atoms with Gasteiger partial charge in [0.25, 0.3) is 0 Å². The molecule has 0 aromatic rings. The van der Waals surface area contributed by atoms with E-state index < -0.39 is 0 Å². The number of hydrogen-bond acceptors (Lipinski definition) is 3. The molecule has 0 heterocycles. The third kappa shape index (κ3) is 6.13. The van der Waals surface area contributed by atoms with Crippen LogP contribution in [-0.4, -0.2) is 50.3 Å². The molecule has 0 aromatic heterocycles. The summed E-state index contributed by atoms with van der Waals surface area (Å²) in [5, 5.41) is 3.43. The van der Waals surface area contributed by atoms with Crippen molar-refractivity contribution in [1.29, 1.82) is 0 Å². The van der Waals surface area contributed by atoms with Crippen molar-refractivity contribution < 1.29 is 4.74 Å². The zero-order chi connectivity index (χ0) is 11.7. The molecule has 0 rings (SSSR count). The second kappa shape index (κ2) is 9.13. The molecular formula is C12H28N2O. The second-order valence-corrected chi connectivity index (χ2v) is 4.19. The lowest BCUT2D eigenvalue weighted by molar-refractivity contribution is 0.0931. The van der Waals surface area contributed by atoms with Gasteiger partial charge in [-0.15, -0.1) is 0 Å². The lowest BCUT2D eigenvalue weighted by Gasteiger charge is -2.34. The van der Waals surface area contributed by atoms with Crippen LogP contribution in [-0.2, 0) is 4.74 Å². The third-order valence-corrected chi connectivity index (χ3v) is 2.79. The average molecular weight is 216 g/mol. The van der Waals surface area contributed by atoms with E-state index in [0.717, 1.165) is 26.2 Å². The largest absolute Gasteiger partial charge is 0.383 e. The lowest BCUT2D eigenvalue weighted by Crippen LogP contribution is -2.47. The van der Waals surface area contributed by atoms with Gasteiger partial charge in [0.2, 0.25) is 0 Å². The minimum atomic E-state index is 0.587. The van der Waals surface area contributed by atoms with Crippen LogP contribution in [0.3, 0.4) is 0 Å². The minimum Gasteiger partial charge on any atom is -0.383 e. The topological polar surface area (TPSA) is 24.5 Å². The first kappa shape index (κ1) is 14.9. The van der Waals surface area contributed by atoms with E-state index >= 15 is 0 Å². The van der Waals surface area contributed by atoms with Crippen LogP contribution in [0.2, 0.25) is 0 Å². The molecular weight excluding hydrogens is 188 g/mol. The Kier molecular flexibility index (Phi) is 9.06. The van der Waals surface area contributed by atoms with Crippen LogP contribution in [0.1, 0.15) is 34.1 Å². The van der Waals surface area contributed by atoms with Crippen LogP contribution in [0.15, 0.2) is 0 Å². The SMILES string of the molecule is CCNCC(CC)N(CCOC)C(C)C. The van der Waals surface area contributed by atoms with Crippen molar-refractivity contribution in [2.75, 3.05) is 33.4 Å². The Morgan fingerprint density at radius 3 is 2.33 bits per heavy atom. The Morgan fingerprint density at radius 2 is 1.93 bits per heavy atom. The quantitative estimate of drug-likeness (QED) is 0.635. The Hall–Kier alpha value is -0.120. The van der Waals surface area contributed by atoms with E-state index in [0.29, 0.717) is 12.1 Å². The van der Waals surface area contributed by atoms with Crippen molar-refractivity contribution >= 4 is 0 Å². The van der Waals surface area contributed by atoms with Gasteiger partial charge in [-0.2, -0.15) is 0 Å². The standard InChI is InChI=1S/C12H28N2O/c1-6-12(10-13-7-2)14(11(3)4)8-9-15-5/h11-13H,6-10H2,1-5H3. The van der Waals surface area contributed by atoms with E-state index in [-0.39, 0.29) is 0 Å². The molecule has 0 aliphatic rings. The highest BCUT2D eigenvalue weighted by Crippen LogP contribution is 2.08. The van der Waals surface area contributed by atoms with Crippen molar-refractivity contribution in [3.8, 4) is 0 Å². The second-order valence-electron chi connectivity index (χ2n) is 4.19. The molecule has 0 aliphatic carbocycles. The third-order valence-electron chi connectivity index (χ3n) is 2.79. The first-order valence-electron chi connectivity index (χ1n) is 6.12. The summed E-state index contributed by atoms with van der Waals surface area (Å²) >= 11 is 0. The summed E-state index contributed by atoms with van der Waals surface area (Å²) in [6, 6.07) is 1.21. The van der Waals surface area contributed by atoms with Gasteiger partial charge >= 0.3 is 0 Å². The van der Waals surface area contributed by atoms with Crippen LogP contribution in [0, 0.1) is 0 Å². The number of hydrogen-bond donors (Lipinski definition) is 1. The van der Waals surface area contributed by atoms with Crippen molar-refractivity contribution in [2.45, 2.75) is 46.2 Å². The van der Waals surface area contributed by atoms with Gasteiger partial charge in [0.1, 0.15) is 0 Å². The maximum Gasteiger partial charge on any atom is 0.0589 e. The first-order valence-corrected chi connectivity index (χ1v) is 6.12. The molecule has 3 nitrogen and oxygen atoms in total. The number of nitrogens with one attached hydrogen (secondary N) is 1. The number of rotatable bonds is 9. The zero-order valence-electron chi connectivity index (χ0n) is 11.0. The molecule has 15 heavy (non-hydrogen) atoms. The molecule has 0 saturated heterocycles. The summed E-state index contributed by atoms with van der Waals surface area (Å²) in [4.78, 5) is 2.52. The Bertz CT molecular complexity index is 140. The molecule has 1 atom stereocenters. The molecule has 0 aliphatic heterocycles. The van der Waals surface area contributed by atoms with Crippen molar-refractivity contribution in [3.05, 3.63) is 0 Å². The normalized spacial score (nSPS) is 13.8. The fourth-order valence-corrected chi connectivity index (χ4v) is 1.87. The molecule has 0 spiro atoms. The Balaban J connectivity index is 4.13. The van der Waals surface area contributed by atoms with Crippen molar-refractivity contribution in [2.24, 2.45) is 0 Å². The maximum absolute atomic E-state index is 5.16. The van der Waals surface area contributed by atoms with Gasteiger partial charge in [0.15, 0.2) is 0 Å². The zero-order valence-corrected chi connectivity index (χ0v) is 11.0. The molecule has 0 aromatic carbocycles. The molecule has 92 valence electrons. The fourth-order valence-electron chi connectivity index (χ4n) is 1.87. The number of ether oxygens (including phenoxy) is 1. The molecule has 0 amide bonds. The molecule has 0 bridgehead atoms. The van der Waals surface area contributed by atoms with Crippen LogP contribution in [0.5, 0.6) is 0 Å². The first-order chi connectivity index (χ1) is 7.17. The molecule has 1 N–H and O–H groups in total. The van der Waals surface area contributed by atoms with E-state index in [9.17, 15) is 0 Å². The van der Waals surface area contributed by atoms with E-state index in [2.05, 4.69) is 37.9 Å². The summed E-state index contributed by atoms with van der Waals surface area (Å²) in [7, 11) is 1.77. The van der Waals surface area contributed by atoms with Crippen molar-refractivity contribution in [3.63, 3.8) is 0 Å². The number of methoxy groups -OCH3 is 1. The maximum atomic E-state index is 5.16. The summed E-state index contributed by atoms with van der Waals surface area (Å²) in [6.45, 7) is 12.9. The van der Waals surface area contributed by atoms with Gasteiger partial charge in [-0.3, -0.25) is 4.90 Å². The van der Waals surface area contributed by atoms with E-state index in [4.69, 9.17) is 4.74 Å². The average Bonchev–Trinajstić information content (AvgIpc) is 2.22. The summed E-state index contributed by atoms with van der Waals surface area (Å²) < 4.78 is 5.16. The van der Waals surface area contributed by atoms with Gasteiger partial charge in [-0.25, -0.2) is 0 Å². The summed E-state index contributed by atoms with van der Waals surface area (Å²) in [5.74, 6) is 0. The Morgan fingerprint density at radius 1 is 1.27 bits per heavy atom. The molecule has 0 saturated carbocycles. The number of likely N-dealkylation sites (N-methyl/N-ethyl adjacent to an activating group) is 1. The predicted molar refractivity (Wildman–Crippen MR) is 66.3 cm³/mol. The lowest BCUT2D eigenvalue weighted by atomic mass is 10.1. The predicted octanol–water partition coefficient (Wildman–Crippen LogP) is 1.73. The van der Waals surface area contributed by atoms with Gasteiger partial charge in [0.05, 0.1) is 6.61 Å². The molecule has 1 unspecified atom stereocenters. The van der Waals surface area contributed by atoms with Gasteiger partial charge < -0.3 is 10.1 Å². The highest BCUT2D eigenvalue weighted by Gasteiger charge is 2.18. The fraction of sp³-hybridized carbons (Fsp3) is 1.00. The smallest absolute Gasteiger partial charge is 0.0589 e. The minimum absolute atomic E-state index is 0.587. The highest BCUT2D eigenvalue weighted by atomic mass is 16.5. The monoisotopic (exact) mass is 216 g/mol. The Labute approximate surface area is 95.2 Å². The van der Waals surface area contributed by atoms with Crippen molar-refractivity contribution in [1.82, 2.24) is 10.2 Å². The molecule has 0 fully saturated rings. The van der Waals surface area contributed by atoms with Crippen LogP contribution < -0.4 is 5.32 Å². The molecule has 3 heteroatoms. The van der Waals surface area contributed by atoms with E-state index in [1.165, 1.54) is 6.42 Å². The van der Waals surface area contributed by atoms with Crippen LogP contribution in [0.25, 0.3) is 0 Å². The van der Waals surface area contributed by atoms with Gasteiger partial charge in [-0.05, 0) is 26.8 Å². The van der Waals surface area contributed by atoms with Crippen LogP contribution >= 0.6 is 0 Å². The summed E-state index contributed by atoms with van der Waals surface area (Å²) in [6.07, 6.45) is 1.19. The number of nitrogens with zero attached hydrogens (tertiary/aromatic N) is 1. The van der Waals surface area contributed by atoms with E-state index in [1.54, 1.807) is 7.11 Å². The summed E-state index contributed by atoms with van der Waals surface area (Å²) in [5.41, 5.74) is 0. The highest BCUT2D eigenvalue weighted by molar-refractivity contribution is 4.75.